The minimum atomic E-state index is -0.797. The van der Waals surface area contributed by atoms with Gasteiger partial charge in [-0.1, -0.05) is 12.1 Å². The minimum Gasteiger partial charge on any atom is -0.452 e. The van der Waals surface area contributed by atoms with E-state index < -0.39 is 12.1 Å². The molecule has 2 amide bonds. The third-order valence-electron chi connectivity index (χ3n) is 6.73. The second-order valence-electron chi connectivity index (χ2n) is 9.37. The lowest BCUT2D eigenvalue weighted by atomic mass is 9.53. The van der Waals surface area contributed by atoms with E-state index in [4.69, 9.17) is 4.74 Å². The molecule has 0 heterocycles. The highest BCUT2D eigenvalue weighted by molar-refractivity contribution is 5.88. The molecule has 4 aliphatic carbocycles. The van der Waals surface area contributed by atoms with Gasteiger partial charge in [0, 0.05) is 18.2 Å². The van der Waals surface area contributed by atoms with Crippen LogP contribution in [0.25, 0.3) is 0 Å². The Morgan fingerprint density at radius 2 is 1.59 bits per heavy atom. The Morgan fingerprint density at radius 3 is 2.10 bits per heavy atom. The first kappa shape index (κ1) is 19.9. The smallest absolute Gasteiger partial charge is 0.311 e. The first-order valence-electron chi connectivity index (χ1n) is 10.7. The summed E-state index contributed by atoms with van der Waals surface area (Å²) in [5, 5.41) is 5.95. The molecule has 0 spiro atoms. The van der Waals surface area contributed by atoms with Gasteiger partial charge in [-0.3, -0.25) is 14.4 Å². The molecular weight excluding hydrogens is 368 g/mol. The molecule has 4 saturated carbocycles. The van der Waals surface area contributed by atoms with Gasteiger partial charge in [-0.25, -0.2) is 0 Å². The van der Waals surface area contributed by atoms with Crippen LogP contribution in [0, 0.1) is 17.8 Å². The summed E-state index contributed by atoms with van der Waals surface area (Å²) in [6, 6.07) is 7.03. The average Bonchev–Trinajstić information content (AvgIpc) is 2.61. The molecule has 4 aliphatic rings. The molecule has 0 saturated heterocycles. The lowest BCUT2D eigenvalue weighted by Gasteiger charge is -2.57. The second-order valence-corrected chi connectivity index (χ2v) is 9.37. The Hall–Kier alpha value is -2.37. The van der Waals surface area contributed by atoms with Gasteiger partial charge in [0.25, 0.3) is 5.91 Å². The van der Waals surface area contributed by atoms with Crippen LogP contribution in [-0.4, -0.2) is 29.4 Å². The highest BCUT2D eigenvalue weighted by atomic mass is 16.5. The number of hydrogen-bond donors (Lipinski definition) is 2. The Morgan fingerprint density at radius 1 is 1.03 bits per heavy atom. The molecule has 5 rings (SSSR count). The number of hydrogen-bond acceptors (Lipinski definition) is 4. The lowest BCUT2D eigenvalue weighted by molar-refractivity contribution is -0.156. The summed E-state index contributed by atoms with van der Waals surface area (Å²) in [5.74, 6) is 1.50. The monoisotopic (exact) mass is 398 g/mol. The van der Waals surface area contributed by atoms with Gasteiger partial charge < -0.3 is 15.4 Å². The van der Waals surface area contributed by atoms with E-state index in [1.54, 1.807) is 31.2 Å². The lowest BCUT2D eigenvalue weighted by Crippen LogP contribution is -2.61. The van der Waals surface area contributed by atoms with Crippen LogP contribution in [0.2, 0.25) is 0 Å². The second kappa shape index (κ2) is 7.81. The Balaban J connectivity index is 1.28. The van der Waals surface area contributed by atoms with Crippen molar-refractivity contribution in [3.63, 3.8) is 0 Å². The average molecular weight is 399 g/mol. The summed E-state index contributed by atoms with van der Waals surface area (Å²) >= 11 is 0. The number of nitrogens with one attached hydrogen (secondary N) is 2. The minimum absolute atomic E-state index is 0.0773. The van der Waals surface area contributed by atoms with Crippen molar-refractivity contribution in [1.29, 1.82) is 0 Å². The predicted octanol–water partition coefficient (Wildman–Crippen LogP) is 3.20. The number of rotatable bonds is 6. The predicted molar refractivity (Wildman–Crippen MR) is 109 cm³/mol. The highest BCUT2D eigenvalue weighted by Gasteiger charge is 2.51. The summed E-state index contributed by atoms with van der Waals surface area (Å²) in [5.41, 5.74) is 1.38. The van der Waals surface area contributed by atoms with E-state index in [0.29, 0.717) is 5.69 Å². The third-order valence-corrected chi connectivity index (χ3v) is 6.73. The number of esters is 1. The van der Waals surface area contributed by atoms with Crippen molar-refractivity contribution in [2.45, 2.75) is 70.4 Å². The fraction of sp³-hybridized carbons (Fsp3) is 0.609. The van der Waals surface area contributed by atoms with E-state index in [1.165, 1.54) is 26.2 Å². The van der Waals surface area contributed by atoms with Crippen LogP contribution in [0.3, 0.4) is 0 Å². The molecule has 6 nitrogen and oxygen atoms in total. The van der Waals surface area contributed by atoms with Crippen LogP contribution in [0.4, 0.5) is 5.69 Å². The largest absolute Gasteiger partial charge is 0.452 e. The Kier molecular flexibility index (Phi) is 5.36. The molecular formula is C23H30N2O4. The zero-order valence-corrected chi connectivity index (χ0v) is 17.2. The molecule has 0 aliphatic heterocycles. The van der Waals surface area contributed by atoms with Crippen LogP contribution in [0.15, 0.2) is 24.3 Å². The molecule has 156 valence electrons. The van der Waals surface area contributed by atoms with E-state index in [9.17, 15) is 14.4 Å². The fourth-order valence-electron chi connectivity index (χ4n) is 5.99. The number of amides is 2. The zero-order chi connectivity index (χ0) is 20.6. The molecule has 4 bridgehead atoms. The van der Waals surface area contributed by atoms with Gasteiger partial charge in [0.05, 0.1) is 6.42 Å². The van der Waals surface area contributed by atoms with Crippen molar-refractivity contribution in [3.8, 4) is 0 Å². The van der Waals surface area contributed by atoms with Gasteiger partial charge in [0.2, 0.25) is 5.91 Å². The summed E-state index contributed by atoms with van der Waals surface area (Å²) in [6.07, 6.45) is 6.48. The molecule has 0 aromatic heterocycles. The van der Waals surface area contributed by atoms with Crippen LogP contribution in [0.1, 0.15) is 57.9 Å². The van der Waals surface area contributed by atoms with Gasteiger partial charge in [0.1, 0.15) is 0 Å². The van der Waals surface area contributed by atoms with E-state index in [1.807, 2.05) is 0 Å². The van der Waals surface area contributed by atoms with Crippen molar-refractivity contribution >= 4 is 23.5 Å². The van der Waals surface area contributed by atoms with Gasteiger partial charge in [-0.15, -0.1) is 0 Å². The number of benzene rings is 1. The van der Waals surface area contributed by atoms with Crippen LogP contribution < -0.4 is 10.6 Å². The number of anilines is 1. The molecule has 2 N–H and O–H groups in total. The van der Waals surface area contributed by atoms with E-state index >= 15 is 0 Å². The van der Waals surface area contributed by atoms with Crippen molar-refractivity contribution in [1.82, 2.24) is 5.32 Å². The van der Waals surface area contributed by atoms with E-state index in [-0.39, 0.29) is 23.8 Å². The standard InChI is InChI=1S/C23H30N2O4/c1-14(29-21(27)10-16-3-5-20(6-4-16)24-15(2)26)22(28)25-23-11-17-7-18(12-23)9-19(8-17)13-23/h3-6,14,17-19H,7-13H2,1-2H3,(H,24,26)(H,25,28)/t14-,17?,18?,19?,23?/m1/s1. The quantitative estimate of drug-likeness (QED) is 0.721. The third kappa shape index (κ3) is 4.62. The normalized spacial score (nSPS) is 30.5. The molecule has 4 fully saturated rings. The van der Waals surface area contributed by atoms with Crippen molar-refractivity contribution < 1.29 is 19.1 Å². The maximum atomic E-state index is 12.7. The first-order chi connectivity index (χ1) is 13.8. The summed E-state index contributed by atoms with van der Waals surface area (Å²) in [7, 11) is 0. The molecule has 6 heteroatoms. The molecule has 1 atom stereocenters. The first-order valence-corrected chi connectivity index (χ1v) is 10.7. The number of ether oxygens (including phenoxy) is 1. The van der Waals surface area contributed by atoms with Crippen LogP contribution in [0.5, 0.6) is 0 Å². The van der Waals surface area contributed by atoms with Gasteiger partial charge in [-0.2, -0.15) is 0 Å². The van der Waals surface area contributed by atoms with Crippen molar-refractivity contribution in [3.05, 3.63) is 29.8 Å². The molecule has 29 heavy (non-hydrogen) atoms. The fourth-order valence-corrected chi connectivity index (χ4v) is 5.99. The molecule has 0 radical (unpaired) electrons. The molecule has 0 unspecified atom stereocenters. The van der Waals surface area contributed by atoms with E-state index in [0.717, 1.165) is 42.6 Å². The topological polar surface area (TPSA) is 84.5 Å². The number of carbonyl (C=O) groups is 3. The van der Waals surface area contributed by atoms with Gasteiger partial charge in [0.15, 0.2) is 6.10 Å². The highest BCUT2D eigenvalue weighted by Crippen LogP contribution is 2.55. The van der Waals surface area contributed by atoms with Crippen molar-refractivity contribution in [2.75, 3.05) is 5.32 Å². The number of carbonyl (C=O) groups excluding carboxylic acids is 3. The SMILES string of the molecule is CC(=O)Nc1ccc(CC(=O)O[C@H](C)C(=O)NC23CC4CC(CC(C4)C2)C3)cc1. The van der Waals surface area contributed by atoms with Gasteiger partial charge in [-0.05, 0) is 80.9 Å². The molecule has 1 aromatic rings. The van der Waals surface area contributed by atoms with Gasteiger partial charge >= 0.3 is 5.97 Å². The van der Waals surface area contributed by atoms with Crippen molar-refractivity contribution in [2.24, 2.45) is 17.8 Å². The summed E-state index contributed by atoms with van der Waals surface area (Å²) < 4.78 is 5.40. The molecule has 1 aromatic carbocycles. The zero-order valence-electron chi connectivity index (χ0n) is 17.2. The van der Waals surface area contributed by atoms with E-state index in [2.05, 4.69) is 10.6 Å². The van der Waals surface area contributed by atoms with Crippen LogP contribution in [-0.2, 0) is 25.5 Å². The summed E-state index contributed by atoms with van der Waals surface area (Å²) in [4.78, 5) is 36.1. The Bertz CT molecular complexity index is 766. The Labute approximate surface area is 171 Å². The summed E-state index contributed by atoms with van der Waals surface area (Å²) in [6.45, 7) is 3.09. The van der Waals surface area contributed by atoms with Crippen LogP contribution >= 0.6 is 0 Å². The maximum absolute atomic E-state index is 12.7. The maximum Gasteiger partial charge on any atom is 0.311 e.